The number of aromatic nitrogens is 1. The van der Waals surface area contributed by atoms with Crippen molar-refractivity contribution in [3.8, 4) is 5.75 Å². The highest BCUT2D eigenvalue weighted by molar-refractivity contribution is 7.22. The number of nitrogens with zero attached hydrogens (tertiary/aromatic N) is 3. The maximum atomic E-state index is 12.1. The van der Waals surface area contributed by atoms with E-state index in [9.17, 15) is 20.0 Å². The third-order valence-electron chi connectivity index (χ3n) is 3.61. The van der Waals surface area contributed by atoms with Crippen molar-refractivity contribution < 1.29 is 14.8 Å². The Kier molecular flexibility index (Phi) is 5.27. The van der Waals surface area contributed by atoms with Gasteiger partial charge in [0.2, 0.25) is 0 Å². The first-order valence-electron chi connectivity index (χ1n) is 7.86. The highest BCUT2D eigenvalue weighted by Gasteiger charge is 2.15. The summed E-state index contributed by atoms with van der Waals surface area (Å²) >= 11 is 1.44. The van der Waals surface area contributed by atoms with Crippen LogP contribution in [-0.2, 0) is 4.79 Å². The number of hydrogen-bond acceptors (Lipinski definition) is 8. The van der Waals surface area contributed by atoms with Crippen LogP contribution < -0.4 is 10.7 Å². The summed E-state index contributed by atoms with van der Waals surface area (Å²) in [6, 6.07) is 10.9. The Balaban J connectivity index is 1.60. The number of nitro benzene ring substituents is 1. The predicted molar refractivity (Wildman–Crippen MR) is 103 cm³/mol. The number of amides is 1. The molecule has 0 aliphatic heterocycles. The van der Waals surface area contributed by atoms with E-state index in [0.717, 1.165) is 16.3 Å². The minimum absolute atomic E-state index is 0.367. The SMILES string of the molecule is C[C@@H](Nc1nc2ccccc2s1)C(=O)N/N=C/c1ccc(O)c([N+](=O)[O-])c1. The lowest BCUT2D eigenvalue weighted by Crippen LogP contribution is -2.34. The summed E-state index contributed by atoms with van der Waals surface area (Å²) in [7, 11) is 0. The molecular weight excluding hydrogens is 370 g/mol. The van der Waals surface area contributed by atoms with Crippen molar-refractivity contribution in [3.63, 3.8) is 0 Å². The van der Waals surface area contributed by atoms with Crippen LogP contribution in [0.2, 0.25) is 0 Å². The molecule has 10 heteroatoms. The monoisotopic (exact) mass is 385 g/mol. The number of carbonyl (C=O) groups excluding carboxylic acids is 1. The smallest absolute Gasteiger partial charge is 0.311 e. The third kappa shape index (κ3) is 4.36. The number of thiazole rings is 1. The van der Waals surface area contributed by atoms with E-state index in [-0.39, 0.29) is 0 Å². The number of benzene rings is 2. The Labute approximate surface area is 157 Å². The molecule has 0 radical (unpaired) electrons. The van der Waals surface area contributed by atoms with Crippen LogP contribution in [0.15, 0.2) is 47.6 Å². The van der Waals surface area contributed by atoms with E-state index >= 15 is 0 Å². The predicted octanol–water partition coefficient (Wildman–Crippen LogP) is 2.86. The summed E-state index contributed by atoms with van der Waals surface area (Å²) in [5.41, 5.74) is 3.15. The van der Waals surface area contributed by atoms with Crippen LogP contribution in [0.5, 0.6) is 5.75 Å². The topological polar surface area (TPSA) is 130 Å². The Hall–Kier alpha value is -3.53. The number of rotatable bonds is 6. The van der Waals surface area contributed by atoms with Gasteiger partial charge in [0.25, 0.3) is 5.91 Å². The lowest BCUT2D eigenvalue weighted by atomic mass is 10.2. The average molecular weight is 385 g/mol. The van der Waals surface area contributed by atoms with E-state index in [1.54, 1.807) is 6.92 Å². The van der Waals surface area contributed by atoms with Gasteiger partial charge in [-0.3, -0.25) is 14.9 Å². The second-order valence-electron chi connectivity index (χ2n) is 5.59. The molecule has 0 spiro atoms. The van der Waals surface area contributed by atoms with Gasteiger partial charge in [0.05, 0.1) is 21.4 Å². The van der Waals surface area contributed by atoms with Crippen LogP contribution in [0, 0.1) is 10.1 Å². The van der Waals surface area contributed by atoms with Crippen molar-refractivity contribution in [2.45, 2.75) is 13.0 Å². The lowest BCUT2D eigenvalue weighted by Gasteiger charge is -2.10. The van der Waals surface area contributed by atoms with Gasteiger partial charge in [-0.25, -0.2) is 10.4 Å². The van der Waals surface area contributed by atoms with E-state index in [1.807, 2.05) is 24.3 Å². The minimum atomic E-state index is -0.699. The highest BCUT2D eigenvalue weighted by atomic mass is 32.1. The molecule has 9 nitrogen and oxygen atoms in total. The molecule has 0 unspecified atom stereocenters. The van der Waals surface area contributed by atoms with Gasteiger partial charge in [0, 0.05) is 11.6 Å². The number of hydrazone groups is 1. The van der Waals surface area contributed by atoms with E-state index in [1.165, 1.54) is 29.7 Å². The third-order valence-corrected chi connectivity index (χ3v) is 4.58. The molecule has 1 atom stereocenters. The second-order valence-corrected chi connectivity index (χ2v) is 6.62. The van der Waals surface area contributed by atoms with Crippen LogP contribution in [-0.4, -0.2) is 33.2 Å². The van der Waals surface area contributed by atoms with Gasteiger partial charge < -0.3 is 10.4 Å². The molecule has 1 aromatic heterocycles. The lowest BCUT2D eigenvalue weighted by molar-refractivity contribution is -0.385. The van der Waals surface area contributed by atoms with Crippen LogP contribution in [0.3, 0.4) is 0 Å². The fraction of sp³-hybridized carbons (Fsp3) is 0.118. The number of fused-ring (bicyclic) bond motifs is 1. The normalized spacial score (nSPS) is 12.2. The summed E-state index contributed by atoms with van der Waals surface area (Å²) in [5.74, 6) is -0.825. The molecule has 1 heterocycles. The molecule has 3 rings (SSSR count). The maximum absolute atomic E-state index is 12.1. The van der Waals surface area contributed by atoms with Crippen molar-refractivity contribution >= 4 is 44.5 Å². The van der Waals surface area contributed by atoms with Gasteiger partial charge in [-0.1, -0.05) is 23.5 Å². The molecule has 0 aliphatic rings. The molecule has 0 saturated heterocycles. The minimum Gasteiger partial charge on any atom is -0.502 e. The van der Waals surface area contributed by atoms with Gasteiger partial charge >= 0.3 is 5.69 Å². The number of phenols is 1. The van der Waals surface area contributed by atoms with Gasteiger partial charge in [-0.05, 0) is 31.2 Å². The molecule has 138 valence electrons. The first-order chi connectivity index (χ1) is 12.9. The molecule has 1 amide bonds. The number of hydrogen-bond donors (Lipinski definition) is 3. The van der Waals surface area contributed by atoms with E-state index in [2.05, 4.69) is 20.8 Å². The van der Waals surface area contributed by atoms with Crippen LogP contribution in [0.4, 0.5) is 10.8 Å². The standard InChI is InChI=1S/C17H15N5O4S/c1-10(19-17-20-12-4-2-3-5-15(12)27-17)16(24)21-18-9-11-6-7-14(23)13(8-11)22(25)26/h2-10,23H,1H3,(H,19,20)(H,21,24)/b18-9+/t10-/m1/s1. The van der Waals surface area contributed by atoms with Gasteiger partial charge in [0.1, 0.15) is 6.04 Å². The van der Waals surface area contributed by atoms with Crippen LogP contribution >= 0.6 is 11.3 Å². The number of para-hydroxylation sites is 1. The number of anilines is 1. The van der Waals surface area contributed by atoms with E-state index in [0.29, 0.717) is 10.7 Å². The Morgan fingerprint density at radius 1 is 1.37 bits per heavy atom. The van der Waals surface area contributed by atoms with Crippen LogP contribution in [0.1, 0.15) is 12.5 Å². The average Bonchev–Trinajstić information content (AvgIpc) is 3.04. The molecular formula is C17H15N5O4S. The summed E-state index contributed by atoms with van der Waals surface area (Å²) in [6.45, 7) is 1.67. The summed E-state index contributed by atoms with van der Waals surface area (Å²) in [5, 5.41) is 27.6. The number of nitro groups is 1. The summed E-state index contributed by atoms with van der Waals surface area (Å²) < 4.78 is 1.01. The van der Waals surface area contributed by atoms with Crippen molar-refractivity contribution in [2.24, 2.45) is 5.10 Å². The number of carbonyl (C=O) groups is 1. The number of aromatic hydroxyl groups is 1. The summed E-state index contributed by atoms with van der Waals surface area (Å²) in [6.07, 6.45) is 1.26. The Morgan fingerprint density at radius 2 is 2.15 bits per heavy atom. The molecule has 2 aromatic carbocycles. The second kappa shape index (κ2) is 7.79. The largest absolute Gasteiger partial charge is 0.502 e. The van der Waals surface area contributed by atoms with Gasteiger partial charge in [-0.2, -0.15) is 5.10 Å². The first kappa shape index (κ1) is 18.3. The molecule has 3 N–H and O–H groups in total. The Morgan fingerprint density at radius 3 is 2.89 bits per heavy atom. The highest BCUT2D eigenvalue weighted by Crippen LogP contribution is 2.26. The van der Waals surface area contributed by atoms with E-state index < -0.39 is 28.3 Å². The van der Waals surface area contributed by atoms with Gasteiger partial charge in [-0.15, -0.1) is 0 Å². The number of nitrogens with one attached hydrogen (secondary N) is 2. The summed E-state index contributed by atoms with van der Waals surface area (Å²) in [4.78, 5) is 26.6. The van der Waals surface area contributed by atoms with Crippen molar-refractivity contribution in [2.75, 3.05) is 5.32 Å². The van der Waals surface area contributed by atoms with Crippen molar-refractivity contribution in [3.05, 3.63) is 58.1 Å². The molecule has 0 aliphatic carbocycles. The molecule has 0 fully saturated rings. The molecule has 3 aromatic rings. The zero-order chi connectivity index (χ0) is 19.4. The zero-order valence-corrected chi connectivity index (χ0v) is 14.9. The maximum Gasteiger partial charge on any atom is 0.311 e. The fourth-order valence-electron chi connectivity index (χ4n) is 2.22. The fourth-order valence-corrected chi connectivity index (χ4v) is 3.17. The zero-order valence-electron chi connectivity index (χ0n) is 14.1. The van der Waals surface area contributed by atoms with Crippen molar-refractivity contribution in [1.82, 2.24) is 10.4 Å². The molecule has 0 bridgehead atoms. The molecule has 0 saturated carbocycles. The molecule has 27 heavy (non-hydrogen) atoms. The Bertz CT molecular complexity index is 1000. The first-order valence-corrected chi connectivity index (χ1v) is 8.68. The quantitative estimate of drug-likeness (QED) is 0.340. The number of phenolic OH excluding ortho intramolecular Hbond substituents is 1. The van der Waals surface area contributed by atoms with Crippen molar-refractivity contribution in [1.29, 1.82) is 0 Å². The van der Waals surface area contributed by atoms with E-state index in [4.69, 9.17) is 0 Å². The van der Waals surface area contributed by atoms with Gasteiger partial charge in [0.15, 0.2) is 10.9 Å². The van der Waals surface area contributed by atoms with Crippen LogP contribution in [0.25, 0.3) is 10.2 Å².